The lowest BCUT2D eigenvalue weighted by Gasteiger charge is -2.70. The van der Waals surface area contributed by atoms with Crippen LogP contribution in [0.2, 0.25) is 0 Å². The van der Waals surface area contributed by atoms with Gasteiger partial charge in [-0.3, -0.25) is 0 Å². The highest BCUT2D eigenvalue weighted by Gasteiger charge is 2.70. The van der Waals surface area contributed by atoms with Gasteiger partial charge in [0.15, 0.2) is 0 Å². The van der Waals surface area contributed by atoms with Gasteiger partial charge >= 0.3 is 11.9 Å². The molecule has 4 rings (SSSR count). The first-order valence-corrected chi connectivity index (χ1v) is 18.8. The van der Waals surface area contributed by atoms with Crippen molar-refractivity contribution in [3.05, 3.63) is 48.6 Å². The molecule has 0 amide bonds. The maximum Gasteiger partial charge on any atom is 0.333 e. The molecule has 282 valence electrons. The Labute approximate surface area is 301 Å². The molecule has 0 aromatic heterocycles. The molecule has 12 atom stereocenters. The molecular formula is C42H66O8. The van der Waals surface area contributed by atoms with E-state index in [4.69, 9.17) is 9.47 Å². The average Bonchev–Trinajstić information content (AvgIpc) is 3.07. The second kappa shape index (κ2) is 14.3. The van der Waals surface area contributed by atoms with Crippen LogP contribution in [0.4, 0.5) is 0 Å². The van der Waals surface area contributed by atoms with Crippen molar-refractivity contribution in [3.63, 3.8) is 0 Å². The molecule has 0 saturated heterocycles. The third-order valence-electron chi connectivity index (χ3n) is 15.2. The zero-order chi connectivity index (χ0) is 37.7. The standard InChI is InChI=1S/C42H66O8/c1-12-16-30-40(11,19-17-29-39(10,24-49-35(47)26(5)13-2)31(43)18-20-41(29,30)15-4)38(9)22-28-21-37(7,8)33(45)34(46)42(28,32(44)23-38)25-50-36(48)27(6)14-3/h12-15,28-34,43-46H,1,4,16-25H2,2-3,5-11H3/b26-13+,27-14+/t28?,29?,30?,31-,32+,33-,34-,38-,39+,40+,41-,42-/m0/s1. The summed E-state index contributed by atoms with van der Waals surface area (Å²) in [4.78, 5) is 25.7. The SMILES string of the molecule is C=CCC1[C@@]2(C=C)CC[C@H](O)[C@](C)(COC(=O)/C(C)=C/C)C2CC[C@@]1(C)[C@@]1(C)CC2CC(C)(C)[C@@H](O)[C@H](O)[C@]2(COC(=O)/C(C)=C/C)[C@H](O)C1. The summed E-state index contributed by atoms with van der Waals surface area (Å²) in [5.74, 6) is -1.07. The Morgan fingerprint density at radius 3 is 1.90 bits per heavy atom. The molecule has 0 spiro atoms. The summed E-state index contributed by atoms with van der Waals surface area (Å²) in [6.07, 6.45) is 8.57. The van der Waals surface area contributed by atoms with Crippen molar-refractivity contribution in [2.45, 2.75) is 138 Å². The van der Waals surface area contributed by atoms with Crippen molar-refractivity contribution in [2.24, 2.45) is 50.2 Å². The van der Waals surface area contributed by atoms with Crippen LogP contribution in [0.1, 0.15) is 114 Å². The zero-order valence-corrected chi connectivity index (χ0v) is 32.3. The topological polar surface area (TPSA) is 134 Å². The first-order valence-electron chi connectivity index (χ1n) is 18.8. The Bertz CT molecular complexity index is 1380. The van der Waals surface area contributed by atoms with Gasteiger partial charge in [-0.15, -0.1) is 13.2 Å². The molecule has 0 heterocycles. The molecule has 0 radical (unpaired) electrons. The van der Waals surface area contributed by atoms with Gasteiger partial charge in [-0.2, -0.15) is 0 Å². The second-order valence-corrected chi connectivity index (χ2v) is 17.9. The first-order chi connectivity index (χ1) is 23.2. The molecule has 0 aromatic carbocycles. The number of hydrogen-bond donors (Lipinski definition) is 4. The molecule has 0 aromatic rings. The van der Waals surface area contributed by atoms with E-state index in [1.54, 1.807) is 39.8 Å². The minimum absolute atomic E-state index is 0.0101. The summed E-state index contributed by atoms with van der Waals surface area (Å²) in [5, 5.41) is 47.2. The van der Waals surface area contributed by atoms with Gasteiger partial charge in [0.25, 0.3) is 0 Å². The summed E-state index contributed by atoms with van der Waals surface area (Å²) in [7, 11) is 0. The van der Waals surface area contributed by atoms with Crippen LogP contribution in [0.5, 0.6) is 0 Å². The molecule has 4 aliphatic rings. The monoisotopic (exact) mass is 698 g/mol. The zero-order valence-electron chi connectivity index (χ0n) is 32.3. The van der Waals surface area contributed by atoms with Crippen molar-refractivity contribution in [3.8, 4) is 0 Å². The lowest BCUT2D eigenvalue weighted by molar-refractivity contribution is -0.274. The van der Waals surface area contributed by atoms with E-state index in [0.717, 1.165) is 19.3 Å². The largest absolute Gasteiger partial charge is 0.462 e. The van der Waals surface area contributed by atoms with E-state index in [1.165, 1.54) is 0 Å². The number of aliphatic hydroxyl groups excluding tert-OH is 4. The highest BCUT2D eigenvalue weighted by molar-refractivity contribution is 5.88. The van der Waals surface area contributed by atoms with Crippen molar-refractivity contribution >= 4 is 11.9 Å². The molecule has 8 nitrogen and oxygen atoms in total. The van der Waals surface area contributed by atoms with Gasteiger partial charge in [0.2, 0.25) is 0 Å². The molecule has 4 fully saturated rings. The number of hydrogen-bond acceptors (Lipinski definition) is 8. The fourth-order valence-corrected chi connectivity index (χ4v) is 11.4. The molecule has 0 bridgehead atoms. The van der Waals surface area contributed by atoms with Crippen molar-refractivity contribution < 1.29 is 39.5 Å². The van der Waals surface area contributed by atoms with Gasteiger partial charge in [-0.05, 0) is 118 Å². The van der Waals surface area contributed by atoms with E-state index in [1.807, 2.05) is 19.9 Å². The fraction of sp³-hybridized carbons (Fsp3) is 0.762. The molecular weight excluding hydrogens is 632 g/mol. The highest BCUT2D eigenvalue weighted by Crippen LogP contribution is 2.73. The minimum Gasteiger partial charge on any atom is -0.462 e. The highest BCUT2D eigenvalue weighted by atomic mass is 16.5. The van der Waals surface area contributed by atoms with Gasteiger partial charge in [0, 0.05) is 16.6 Å². The average molecular weight is 699 g/mol. The first kappa shape index (κ1) is 40.5. The van der Waals surface area contributed by atoms with Crippen LogP contribution in [0, 0.1) is 50.2 Å². The van der Waals surface area contributed by atoms with Crippen molar-refractivity contribution in [1.82, 2.24) is 0 Å². The summed E-state index contributed by atoms with van der Waals surface area (Å²) >= 11 is 0. The summed E-state index contributed by atoms with van der Waals surface area (Å²) in [6, 6.07) is 0. The van der Waals surface area contributed by atoms with E-state index in [9.17, 15) is 30.0 Å². The van der Waals surface area contributed by atoms with E-state index in [-0.39, 0.29) is 42.4 Å². The molecule has 0 aliphatic heterocycles. The van der Waals surface area contributed by atoms with E-state index in [0.29, 0.717) is 43.3 Å². The lowest BCUT2D eigenvalue weighted by atomic mass is 9.35. The number of allylic oxidation sites excluding steroid dienone is 4. The number of carbonyl (C=O) groups is 2. The number of rotatable bonds is 10. The quantitative estimate of drug-likeness (QED) is 0.111. The van der Waals surface area contributed by atoms with Crippen LogP contribution in [0.25, 0.3) is 0 Å². The van der Waals surface area contributed by atoms with Crippen LogP contribution in [0.3, 0.4) is 0 Å². The van der Waals surface area contributed by atoms with Gasteiger partial charge in [0.05, 0.1) is 36.4 Å². The Balaban J connectivity index is 1.78. The van der Waals surface area contributed by atoms with Crippen LogP contribution in [-0.4, -0.2) is 70.0 Å². The second-order valence-electron chi connectivity index (χ2n) is 17.9. The molecule has 4 saturated carbocycles. The summed E-state index contributed by atoms with van der Waals surface area (Å²) in [6.45, 7) is 26.1. The van der Waals surface area contributed by atoms with Gasteiger partial charge < -0.3 is 29.9 Å². The minimum atomic E-state index is -1.28. The summed E-state index contributed by atoms with van der Waals surface area (Å²) in [5.41, 5.74) is -2.71. The third-order valence-corrected chi connectivity index (χ3v) is 15.2. The Morgan fingerprint density at radius 1 is 0.780 bits per heavy atom. The smallest absolute Gasteiger partial charge is 0.333 e. The predicted molar refractivity (Wildman–Crippen MR) is 196 cm³/mol. The normalized spacial score (nSPS) is 44.7. The summed E-state index contributed by atoms with van der Waals surface area (Å²) < 4.78 is 11.7. The van der Waals surface area contributed by atoms with E-state index in [2.05, 4.69) is 40.0 Å². The number of esters is 2. The Kier molecular flexibility index (Phi) is 11.6. The molecule has 3 unspecified atom stereocenters. The van der Waals surface area contributed by atoms with Crippen molar-refractivity contribution in [1.29, 1.82) is 0 Å². The number of carbonyl (C=O) groups excluding carboxylic acids is 2. The molecule has 4 aliphatic carbocycles. The fourth-order valence-electron chi connectivity index (χ4n) is 11.4. The lowest BCUT2D eigenvalue weighted by Crippen LogP contribution is -2.70. The molecule has 8 heteroatoms. The number of fused-ring (bicyclic) bond motifs is 2. The Morgan fingerprint density at radius 2 is 1.36 bits per heavy atom. The van der Waals surface area contributed by atoms with Crippen LogP contribution < -0.4 is 0 Å². The number of aliphatic hydroxyl groups is 4. The predicted octanol–water partition coefficient (Wildman–Crippen LogP) is 6.86. The van der Waals surface area contributed by atoms with Crippen molar-refractivity contribution in [2.75, 3.05) is 13.2 Å². The van der Waals surface area contributed by atoms with Gasteiger partial charge in [0.1, 0.15) is 6.61 Å². The van der Waals surface area contributed by atoms with Gasteiger partial charge in [-0.1, -0.05) is 58.9 Å². The Hall–Kier alpha value is -2.26. The maximum atomic E-state index is 12.9. The van der Waals surface area contributed by atoms with E-state index >= 15 is 0 Å². The molecule has 4 N–H and O–H groups in total. The van der Waals surface area contributed by atoms with E-state index < -0.39 is 57.5 Å². The van der Waals surface area contributed by atoms with Crippen LogP contribution >= 0.6 is 0 Å². The van der Waals surface area contributed by atoms with Crippen LogP contribution in [0.15, 0.2) is 48.6 Å². The van der Waals surface area contributed by atoms with Crippen LogP contribution in [-0.2, 0) is 19.1 Å². The third kappa shape index (κ3) is 6.18. The molecule has 50 heavy (non-hydrogen) atoms. The van der Waals surface area contributed by atoms with Gasteiger partial charge in [-0.25, -0.2) is 9.59 Å². The number of ether oxygens (including phenoxy) is 2. The maximum absolute atomic E-state index is 12.9.